The Morgan fingerprint density at radius 3 is 2.67 bits per heavy atom. The third-order valence-electron chi connectivity index (χ3n) is 4.83. The number of benzene rings is 2. The Hall–Kier alpha value is -2.64. The zero-order valence-corrected chi connectivity index (χ0v) is 18.5. The number of hydrogen-bond acceptors (Lipinski definition) is 4. The van der Waals surface area contributed by atoms with E-state index in [4.69, 9.17) is 28.6 Å². The molecule has 6 nitrogen and oxygen atoms in total. The zero-order chi connectivity index (χ0) is 21.7. The molecule has 1 saturated heterocycles. The van der Waals surface area contributed by atoms with Crippen LogP contribution < -0.4 is 10.1 Å². The minimum absolute atomic E-state index is 0.0151. The minimum atomic E-state index is -0.677. The summed E-state index contributed by atoms with van der Waals surface area (Å²) in [6, 6.07) is 13.9. The highest BCUT2D eigenvalue weighted by Gasteiger charge is 2.42. The predicted octanol–water partition coefficient (Wildman–Crippen LogP) is 4.09. The van der Waals surface area contributed by atoms with Crippen molar-refractivity contribution in [1.29, 1.82) is 0 Å². The van der Waals surface area contributed by atoms with Crippen LogP contribution in [-0.4, -0.2) is 45.9 Å². The molecule has 1 N–H and O–H groups in total. The second kappa shape index (κ2) is 9.91. The van der Waals surface area contributed by atoms with Gasteiger partial charge in [0.2, 0.25) is 5.91 Å². The van der Waals surface area contributed by atoms with Crippen LogP contribution in [0.25, 0.3) is 0 Å². The molecule has 2 aromatic rings. The molecule has 0 bridgehead atoms. The summed E-state index contributed by atoms with van der Waals surface area (Å²) in [5, 5.41) is 3.86. The largest absolute Gasteiger partial charge is 0.494 e. The lowest BCUT2D eigenvalue weighted by Gasteiger charge is -2.24. The SMILES string of the molecule is CCOc1cccc(NC(=O)C[C@H]2C(=O)N(CC)C(=S)N2Cc2ccccc2Cl)c1. The summed E-state index contributed by atoms with van der Waals surface area (Å²) in [6.45, 7) is 5.10. The smallest absolute Gasteiger partial charge is 0.252 e. The molecular formula is C22H24ClN3O3S. The highest BCUT2D eigenvalue weighted by Crippen LogP contribution is 2.26. The van der Waals surface area contributed by atoms with Crippen molar-refractivity contribution >= 4 is 46.4 Å². The third-order valence-corrected chi connectivity index (χ3v) is 5.65. The Bertz CT molecular complexity index is 953. The molecule has 1 aliphatic heterocycles. The number of ether oxygens (including phenoxy) is 1. The van der Waals surface area contributed by atoms with E-state index in [1.165, 1.54) is 4.90 Å². The van der Waals surface area contributed by atoms with Gasteiger partial charge in [-0.2, -0.15) is 0 Å². The van der Waals surface area contributed by atoms with Crippen molar-refractivity contribution in [1.82, 2.24) is 9.80 Å². The molecule has 0 aromatic heterocycles. The Balaban J connectivity index is 1.76. The van der Waals surface area contributed by atoms with Crippen molar-refractivity contribution in [2.45, 2.75) is 32.9 Å². The first-order valence-electron chi connectivity index (χ1n) is 9.82. The molecule has 1 fully saturated rings. The lowest BCUT2D eigenvalue weighted by molar-refractivity contribution is -0.130. The van der Waals surface area contributed by atoms with E-state index >= 15 is 0 Å². The van der Waals surface area contributed by atoms with Gasteiger partial charge in [-0.25, -0.2) is 0 Å². The van der Waals surface area contributed by atoms with Crippen molar-refractivity contribution < 1.29 is 14.3 Å². The molecule has 0 aliphatic carbocycles. The van der Waals surface area contributed by atoms with E-state index in [9.17, 15) is 9.59 Å². The highest BCUT2D eigenvalue weighted by molar-refractivity contribution is 7.80. The minimum Gasteiger partial charge on any atom is -0.494 e. The molecule has 2 amide bonds. The summed E-state index contributed by atoms with van der Waals surface area (Å²) in [6.07, 6.45) is -0.0151. The Kier molecular flexibility index (Phi) is 7.29. The van der Waals surface area contributed by atoms with Crippen LogP contribution in [0.15, 0.2) is 48.5 Å². The van der Waals surface area contributed by atoms with Gasteiger partial charge in [-0.3, -0.25) is 14.5 Å². The number of thiocarbonyl (C=S) groups is 1. The summed E-state index contributed by atoms with van der Waals surface area (Å²) in [5.74, 6) is 0.227. The molecule has 158 valence electrons. The van der Waals surface area contributed by atoms with Crippen molar-refractivity contribution in [2.75, 3.05) is 18.5 Å². The van der Waals surface area contributed by atoms with Gasteiger partial charge in [-0.15, -0.1) is 0 Å². The molecule has 0 unspecified atom stereocenters. The maximum Gasteiger partial charge on any atom is 0.252 e. The van der Waals surface area contributed by atoms with Gasteiger partial charge in [0.25, 0.3) is 5.91 Å². The second-order valence-electron chi connectivity index (χ2n) is 6.81. The van der Waals surface area contributed by atoms with Gasteiger partial charge in [0.1, 0.15) is 11.8 Å². The van der Waals surface area contributed by atoms with Crippen molar-refractivity contribution in [3.8, 4) is 5.75 Å². The van der Waals surface area contributed by atoms with Gasteiger partial charge in [0, 0.05) is 29.9 Å². The maximum atomic E-state index is 12.9. The number of nitrogens with zero attached hydrogens (tertiary/aromatic N) is 2. The van der Waals surface area contributed by atoms with Gasteiger partial charge in [-0.05, 0) is 49.8 Å². The van der Waals surface area contributed by atoms with E-state index < -0.39 is 6.04 Å². The fourth-order valence-electron chi connectivity index (χ4n) is 3.39. The first kappa shape index (κ1) is 22.1. The first-order chi connectivity index (χ1) is 14.4. The molecule has 2 aromatic carbocycles. The zero-order valence-electron chi connectivity index (χ0n) is 16.9. The lowest BCUT2D eigenvalue weighted by Crippen LogP contribution is -2.37. The van der Waals surface area contributed by atoms with E-state index in [-0.39, 0.29) is 18.2 Å². The Morgan fingerprint density at radius 1 is 1.20 bits per heavy atom. The van der Waals surface area contributed by atoms with E-state index in [2.05, 4.69) is 5.32 Å². The number of amides is 2. The molecule has 0 radical (unpaired) electrons. The Labute approximate surface area is 186 Å². The number of carbonyl (C=O) groups is 2. The second-order valence-corrected chi connectivity index (χ2v) is 7.59. The van der Waals surface area contributed by atoms with Crippen LogP contribution in [0.2, 0.25) is 5.02 Å². The van der Waals surface area contributed by atoms with E-state index in [0.29, 0.717) is 41.3 Å². The van der Waals surface area contributed by atoms with Crippen molar-refractivity contribution in [3.63, 3.8) is 0 Å². The summed E-state index contributed by atoms with van der Waals surface area (Å²) >= 11 is 11.8. The summed E-state index contributed by atoms with van der Waals surface area (Å²) in [5.41, 5.74) is 1.46. The molecule has 3 rings (SSSR count). The number of halogens is 1. The third kappa shape index (κ3) is 4.91. The van der Waals surface area contributed by atoms with Gasteiger partial charge in [-0.1, -0.05) is 35.9 Å². The molecule has 0 saturated carbocycles. The lowest BCUT2D eigenvalue weighted by atomic mass is 10.1. The summed E-state index contributed by atoms with van der Waals surface area (Å²) in [4.78, 5) is 29.0. The van der Waals surface area contributed by atoms with Crippen LogP contribution in [-0.2, 0) is 16.1 Å². The standard InChI is InChI=1S/C22H24ClN3O3S/c1-3-25-21(28)19(26(22(25)30)14-15-8-5-6-11-18(15)23)13-20(27)24-16-9-7-10-17(12-16)29-4-2/h5-12,19H,3-4,13-14H2,1-2H3,(H,24,27)/t19-/m0/s1. The Morgan fingerprint density at radius 2 is 1.97 bits per heavy atom. The van der Waals surface area contributed by atoms with E-state index in [1.807, 2.05) is 38.1 Å². The number of nitrogens with one attached hydrogen (secondary N) is 1. The molecular weight excluding hydrogens is 422 g/mol. The van der Waals surface area contributed by atoms with Crippen molar-refractivity contribution in [3.05, 3.63) is 59.1 Å². The maximum absolute atomic E-state index is 12.9. The van der Waals surface area contributed by atoms with Crippen LogP contribution in [0.1, 0.15) is 25.8 Å². The molecule has 1 atom stereocenters. The molecule has 1 heterocycles. The van der Waals surface area contributed by atoms with Gasteiger partial charge >= 0.3 is 0 Å². The first-order valence-corrected chi connectivity index (χ1v) is 10.6. The molecule has 0 spiro atoms. The quantitative estimate of drug-likeness (QED) is 0.620. The number of carbonyl (C=O) groups excluding carboxylic acids is 2. The van der Waals surface area contributed by atoms with Crippen molar-refractivity contribution in [2.24, 2.45) is 0 Å². The van der Waals surface area contributed by atoms with Crippen LogP contribution >= 0.6 is 23.8 Å². The highest BCUT2D eigenvalue weighted by atomic mass is 35.5. The van der Waals surface area contributed by atoms with Crippen LogP contribution in [0, 0.1) is 0 Å². The van der Waals surface area contributed by atoms with Crippen LogP contribution in [0.3, 0.4) is 0 Å². The predicted molar refractivity (Wildman–Crippen MR) is 122 cm³/mol. The number of anilines is 1. The average Bonchev–Trinajstić information content (AvgIpc) is 2.93. The molecule has 1 aliphatic rings. The summed E-state index contributed by atoms with van der Waals surface area (Å²) < 4.78 is 5.47. The molecule has 8 heteroatoms. The van der Waals surface area contributed by atoms with E-state index in [1.54, 1.807) is 29.2 Å². The fourth-order valence-corrected chi connectivity index (χ4v) is 4.00. The fraction of sp³-hybridized carbons (Fsp3) is 0.318. The number of likely N-dealkylation sites (N-methyl/N-ethyl adjacent to an activating group) is 1. The van der Waals surface area contributed by atoms with Crippen LogP contribution in [0.4, 0.5) is 5.69 Å². The average molecular weight is 446 g/mol. The van der Waals surface area contributed by atoms with Gasteiger partial charge in [0.15, 0.2) is 5.11 Å². The van der Waals surface area contributed by atoms with Gasteiger partial charge in [0.05, 0.1) is 13.0 Å². The number of hydrogen-bond donors (Lipinski definition) is 1. The monoisotopic (exact) mass is 445 g/mol. The number of rotatable bonds is 8. The van der Waals surface area contributed by atoms with E-state index in [0.717, 1.165) is 5.56 Å². The summed E-state index contributed by atoms with van der Waals surface area (Å²) in [7, 11) is 0. The normalized spacial score (nSPS) is 16.2. The molecule has 30 heavy (non-hydrogen) atoms. The topological polar surface area (TPSA) is 61.9 Å². The van der Waals surface area contributed by atoms with Gasteiger partial charge < -0.3 is 15.0 Å². The van der Waals surface area contributed by atoms with Crippen LogP contribution in [0.5, 0.6) is 5.75 Å².